The highest BCUT2D eigenvalue weighted by Gasteiger charge is 2.19. The summed E-state index contributed by atoms with van der Waals surface area (Å²) in [5, 5.41) is 19.5. The number of nitro benzene ring substituents is 1. The highest BCUT2D eigenvalue weighted by molar-refractivity contribution is 7.14. The van der Waals surface area contributed by atoms with E-state index >= 15 is 0 Å². The molecule has 1 aromatic heterocycles. The molecule has 0 bridgehead atoms. The predicted octanol–water partition coefficient (Wildman–Crippen LogP) is 3.03. The minimum atomic E-state index is -0.572. The molecule has 0 N–H and O–H groups in total. The van der Waals surface area contributed by atoms with Gasteiger partial charge in [0.2, 0.25) is 0 Å². The molecule has 0 radical (unpaired) electrons. The first-order valence-corrected chi connectivity index (χ1v) is 6.29. The Bertz CT molecular complexity index is 590. The van der Waals surface area contributed by atoms with Gasteiger partial charge in [-0.2, -0.15) is 0 Å². The molecule has 0 spiro atoms. The number of hydrogen-bond acceptors (Lipinski definition) is 5. The van der Waals surface area contributed by atoms with E-state index in [0.29, 0.717) is 22.3 Å². The summed E-state index contributed by atoms with van der Waals surface area (Å²) >= 11 is 6.74. The molecule has 2 aromatic rings. The zero-order chi connectivity index (χ0) is 13.1. The van der Waals surface area contributed by atoms with E-state index in [0.717, 1.165) is 18.2 Å². The normalized spacial score (nSPS) is 10.6. The molecule has 18 heavy (non-hydrogen) atoms. The fraction of sp³-hybridized carbons (Fsp3) is 0.200. The lowest BCUT2D eigenvalue weighted by atomic mass is 10.2. The Morgan fingerprint density at radius 1 is 1.44 bits per heavy atom. The van der Waals surface area contributed by atoms with E-state index in [4.69, 9.17) is 11.6 Å². The van der Waals surface area contributed by atoms with E-state index in [1.54, 1.807) is 0 Å². The van der Waals surface area contributed by atoms with E-state index < -0.39 is 10.7 Å². The van der Waals surface area contributed by atoms with Crippen LogP contribution in [0, 0.1) is 15.9 Å². The second kappa shape index (κ2) is 5.36. The monoisotopic (exact) mass is 287 g/mol. The molecular weight excluding hydrogens is 281 g/mol. The number of nitrogens with zero attached hydrogens (tertiary/aromatic N) is 3. The smallest absolute Gasteiger partial charge is 0.258 e. The third-order valence-corrected chi connectivity index (χ3v) is 3.37. The van der Waals surface area contributed by atoms with Crippen molar-refractivity contribution in [2.75, 3.05) is 5.88 Å². The zero-order valence-electron chi connectivity index (χ0n) is 8.97. The minimum Gasteiger partial charge on any atom is -0.258 e. The van der Waals surface area contributed by atoms with Crippen LogP contribution in [0.2, 0.25) is 0 Å². The maximum absolute atomic E-state index is 13.2. The third-order valence-electron chi connectivity index (χ3n) is 2.16. The Morgan fingerprint density at radius 3 is 2.89 bits per heavy atom. The quantitative estimate of drug-likeness (QED) is 0.492. The summed E-state index contributed by atoms with van der Waals surface area (Å²) in [6.07, 6.45) is 0.530. The van der Waals surface area contributed by atoms with Gasteiger partial charge in [0.05, 0.1) is 10.5 Å². The molecule has 0 amide bonds. The van der Waals surface area contributed by atoms with Crippen molar-refractivity contribution in [1.29, 1.82) is 0 Å². The Kier molecular flexibility index (Phi) is 3.83. The van der Waals surface area contributed by atoms with Crippen molar-refractivity contribution in [3.63, 3.8) is 0 Å². The highest BCUT2D eigenvalue weighted by Crippen LogP contribution is 2.32. The van der Waals surface area contributed by atoms with Gasteiger partial charge in [-0.3, -0.25) is 10.1 Å². The van der Waals surface area contributed by atoms with E-state index in [-0.39, 0.29) is 11.3 Å². The van der Waals surface area contributed by atoms with Crippen molar-refractivity contribution < 1.29 is 9.31 Å². The fourth-order valence-corrected chi connectivity index (χ4v) is 2.54. The molecule has 0 saturated heterocycles. The first-order chi connectivity index (χ1) is 8.61. The Morgan fingerprint density at radius 2 is 2.22 bits per heavy atom. The van der Waals surface area contributed by atoms with Gasteiger partial charge in [-0.1, -0.05) is 11.3 Å². The van der Waals surface area contributed by atoms with Crippen molar-refractivity contribution in [2.45, 2.75) is 6.42 Å². The molecule has 0 aliphatic carbocycles. The SMILES string of the molecule is O=[N+]([O-])c1ccc(F)cc1-c1nnc(CCCl)s1. The van der Waals surface area contributed by atoms with Gasteiger partial charge in [-0.25, -0.2) is 4.39 Å². The second-order valence-corrected chi connectivity index (χ2v) is 4.80. The van der Waals surface area contributed by atoms with E-state index in [9.17, 15) is 14.5 Å². The zero-order valence-corrected chi connectivity index (χ0v) is 10.5. The lowest BCUT2D eigenvalue weighted by Crippen LogP contribution is -1.92. The Hall–Kier alpha value is -1.60. The Balaban J connectivity index is 2.47. The lowest BCUT2D eigenvalue weighted by molar-refractivity contribution is -0.384. The number of aryl methyl sites for hydroxylation is 1. The summed E-state index contributed by atoms with van der Waals surface area (Å²) in [5.74, 6) is -0.162. The van der Waals surface area contributed by atoms with Crippen molar-refractivity contribution in [2.24, 2.45) is 0 Å². The fourth-order valence-electron chi connectivity index (χ4n) is 1.38. The van der Waals surface area contributed by atoms with Crippen molar-refractivity contribution in [3.05, 3.63) is 39.1 Å². The van der Waals surface area contributed by atoms with Crippen LogP contribution in [0.3, 0.4) is 0 Å². The van der Waals surface area contributed by atoms with Crippen LogP contribution in [0.15, 0.2) is 18.2 Å². The van der Waals surface area contributed by atoms with Crippen LogP contribution in [0.5, 0.6) is 0 Å². The number of hydrogen-bond donors (Lipinski definition) is 0. The standard InChI is InChI=1S/C10H7ClFN3O2S/c11-4-3-9-13-14-10(18-9)7-5-6(12)1-2-8(7)15(16)17/h1-2,5H,3-4H2. The maximum atomic E-state index is 13.2. The average Bonchev–Trinajstić information content (AvgIpc) is 2.77. The number of aromatic nitrogens is 2. The van der Waals surface area contributed by atoms with Crippen LogP contribution in [-0.2, 0) is 6.42 Å². The molecular formula is C10H7ClFN3O2S. The molecule has 0 aliphatic rings. The van der Waals surface area contributed by atoms with E-state index in [1.807, 2.05) is 0 Å². The summed E-state index contributed by atoms with van der Waals surface area (Å²) < 4.78 is 13.2. The van der Waals surface area contributed by atoms with Crippen molar-refractivity contribution in [1.82, 2.24) is 10.2 Å². The van der Waals surface area contributed by atoms with Gasteiger partial charge in [0.25, 0.3) is 5.69 Å². The molecule has 5 nitrogen and oxygen atoms in total. The van der Waals surface area contributed by atoms with Gasteiger partial charge in [-0.05, 0) is 12.1 Å². The van der Waals surface area contributed by atoms with Crippen LogP contribution in [0.4, 0.5) is 10.1 Å². The summed E-state index contributed by atoms with van der Waals surface area (Å²) in [4.78, 5) is 10.3. The van der Waals surface area contributed by atoms with Gasteiger partial charge in [-0.15, -0.1) is 21.8 Å². The topological polar surface area (TPSA) is 68.9 Å². The van der Waals surface area contributed by atoms with Gasteiger partial charge in [0.15, 0.2) is 5.01 Å². The van der Waals surface area contributed by atoms with E-state index in [1.165, 1.54) is 11.3 Å². The number of benzene rings is 1. The van der Waals surface area contributed by atoms with Crippen LogP contribution in [0.25, 0.3) is 10.6 Å². The predicted molar refractivity (Wildman–Crippen MR) is 66.4 cm³/mol. The van der Waals surface area contributed by atoms with Gasteiger partial charge >= 0.3 is 0 Å². The summed E-state index contributed by atoms with van der Waals surface area (Å²) in [6.45, 7) is 0. The molecule has 0 fully saturated rings. The number of halogens is 2. The van der Waals surface area contributed by atoms with Crippen LogP contribution >= 0.6 is 22.9 Å². The summed E-state index contributed by atoms with van der Waals surface area (Å²) in [5.41, 5.74) is -0.0525. The Labute approximate surface area is 110 Å². The highest BCUT2D eigenvalue weighted by atomic mass is 35.5. The molecule has 1 heterocycles. The first kappa shape index (κ1) is 12.8. The van der Waals surface area contributed by atoms with Crippen LogP contribution < -0.4 is 0 Å². The summed E-state index contributed by atoms with van der Waals surface area (Å²) in [6, 6.07) is 3.25. The van der Waals surface area contributed by atoms with Crippen molar-refractivity contribution in [3.8, 4) is 10.6 Å². The molecule has 0 aliphatic heterocycles. The molecule has 0 unspecified atom stereocenters. The number of alkyl halides is 1. The number of rotatable bonds is 4. The molecule has 1 aromatic carbocycles. The first-order valence-electron chi connectivity index (χ1n) is 4.94. The maximum Gasteiger partial charge on any atom is 0.279 e. The largest absolute Gasteiger partial charge is 0.279 e. The molecule has 8 heteroatoms. The van der Waals surface area contributed by atoms with Gasteiger partial charge in [0, 0.05) is 18.4 Å². The second-order valence-electron chi connectivity index (χ2n) is 3.36. The molecule has 2 rings (SSSR count). The third kappa shape index (κ3) is 2.62. The molecule has 0 atom stereocenters. The van der Waals surface area contributed by atoms with Crippen LogP contribution in [-0.4, -0.2) is 21.0 Å². The average molecular weight is 288 g/mol. The summed E-state index contributed by atoms with van der Waals surface area (Å²) in [7, 11) is 0. The van der Waals surface area contributed by atoms with Gasteiger partial charge in [0.1, 0.15) is 10.8 Å². The minimum absolute atomic E-state index is 0.137. The lowest BCUT2D eigenvalue weighted by Gasteiger charge is -1.98. The van der Waals surface area contributed by atoms with Crippen LogP contribution in [0.1, 0.15) is 5.01 Å². The van der Waals surface area contributed by atoms with Crippen molar-refractivity contribution >= 4 is 28.6 Å². The molecule has 94 valence electrons. The van der Waals surface area contributed by atoms with Gasteiger partial charge < -0.3 is 0 Å². The number of nitro groups is 1. The molecule has 0 saturated carbocycles. The van der Waals surface area contributed by atoms with E-state index in [2.05, 4.69) is 10.2 Å².